The number of carbonyl (C=O) groups is 2. The molecule has 8 heteroatoms. The van der Waals surface area contributed by atoms with Crippen molar-refractivity contribution >= 4 is 72.3 Å². The van der Waals surface area contributed by atoms with Gasteiger partial charge in [-0.1, -0.05) is 40.8 Å². The summed E-state index contributed by atoms with van der Waals surface area (Å²) in [5.74, 6) is 6.20. The first-order chi connectivity index (χ1) is 17.5. The SMILES string of the molecule is CCC(=O)Nc1c[nH]c2ccc(-c3cc(C#CCCC(=O)Nc4c[nH]c5ccc(Br)cc45)cs3)cc12. The van der Waals surface area contributed by atoms with Crippen molar-refractivity contribution in [2.45, 2.75) is 26.2 Å². The number of thiophene rings is 1. The molecule has 5 aromatic rings. The van der Waals surface area contributed by atoms with Crippen molar-refractivity contribution in [1.29, 1.82) is 0 Å². The summed E-state index contributed by atoms with van der Waals surface area (Å²) >= 11 is 5.09. The van der Waals surface area contributed by atoms with Crippen molar-refractivity contribution in [1.82, 2.24) is 9.97 Å². The molecule has 36 heavy (non-hydrogen) atoms. The van der Waals surface area contributed by atoms with Crippen LogP contribution in [0.5, 0.6) is 0 Å². The zero-order valence-corrected chi connectivity index (χ0v) is 21.9. The molecule has 2 amide bonds. The molecule has 180 valence electrons. The smallest absolute Gasteiger partial charge is 0.225 e. The highest BCUT2D eigenvalue weighted by molar-refractivity contribution is 9.10. The van der Waals surface area contributed by atoms with E-state index in [4.69, 9.17) is 0 Å². The summed E-state index contributed by atoms with van der Waals surface area (Å²) in [6.45, 7) is 1.83. The molecular weight excluding hydrogens is 536 g/mol. The Bertz CT molecular complexity index is 1650. The molecule has 0 unspecified atom stereocenters. The van der Waals surface area contributed by atoms with E-state index in [1.54, 1.807) is 17.5 Å². The topological polar surface area (TPSA) is 89.8 Å². The van der Waals surface area contributed by atoms with Crippen molar-refractivity contribution in [3.05, 3.63) is 70.3 Å². The minimum Gasteiger partial charge on any atom is -0.359 e. The van der Waals surface area contributed by atoms with E-state index in [9.17, 15) is 9.59 Å². The molecular formula is C28H23BrN4O2S. The van der Waals surface area contributed by atoms with Crippen LogP contribution in [0.1, 0.15) is 31.7 Å². The van der Waals surface area contributed by atoms with Crippen molar-refractivity contribution < 1.29 is 9.59 Å². The van der Waals surface area contributed by atoms with Gasteiger partial charge in [-0.05, 0) is 42.0 Å². The Hall–Kier alpha value is -3.80. The Labute approximate surface area is 220 Å². The first-order valence-corrected chi connectivity index (χ1v) is 13.2. The van der Waals surface area contributed by atoms with Gasteiger partial charge in [0.1, 0.15) is 0 Å². The number of anilines is 2. The Balaban J connectivity index is 1.21. The second-order valence-electron chi connectivity index (χ2n) is 8.31. The predicted molar refractivity (Wildman–Crippen MR) is 151 cm³/mol. The number of hydrogen-bond acceptors (Lipinski definition) is 3. The number of halogens is 1. The Morgan fingerprint density at radius 3 is 2.39 bits per heavy atom. The van der Waals surface area contributed by atoms with E-state index in [1.807, 2.05) is 42.8 Å². The van der Waals surface area contributed by atoms with Gasteiger partial charge in [0.2, 0.25) is 11.8 Å². The third kappa shape index (κ3) is 5.23. The number of H-pyrrole nitrogens is 2. The fourth-order valence-electron chi connectivity index (χ4n) is 3.92. The van der Waals surface area contributed by atoms with E-state index in [1.165, 1.54) is 0 Å². The van der Waals surface area contributed by atoms with Crippen LogP contribution in [0.2, 0.25) is 0 Å². The van der Waals surface area contributed by atoms with E-state index in [0.29, 0.717) is 19.3 Å². The number of hydrogen-bond donors (Lipinski definition) is 4. The molecule has 3 aromatic heterocycles. The van der Waals surface area contributed by atoms with Crippen LogP contribution in [0.3, 0.4) is 0 Å². The van der Waals surface area contributed by atoms with E-state index in [-0.39, 0.29) is 11.8 Å². The van der Waals surface area contributed by atoms with Gasteiger partial charge in [-0.2, -0.15) is 0 Å². The highest BCUT2D eigenvalue weighted by Crippen LogP contribution is 2.32. The van der Waals surface area contributed by atoms with Crippen molar-refractivity contribution in [2.24, 2.45) is 0 Å². The molecule has 0 aliphatic heterocycles. The summed E-state index contributed by atoms with van der Waals surface area (Å²) in [5.41, 5.74) is 5.49. The highest BCUT2D eigenvalue weighted by Gasteiger charge is 2.10. The lowest BCUT2D eigenvalue weighted by Crippen LogP contribution is -2.10. The lowest BCUT2D eigenvalue weighted by Gasteiger charge is -2.03. The van der Waals surface area contributed by atoms with E-state index >= 15 is 0 Å². The zero-order valence-electron chi connectivity index (χ0n) is 19.5. The highest BCUT2D eigenvalue weighted by atomic mass is 79.9. The molecule has 2 aromatic carbocycles. The predicted octanol–water partition coefficient (Wildman–Crippen LogP) is 7.26. The van der Waals surface area contributed by atoms with Gasteiger partial charge in [0.05, 0.1) is 11.4 Å². The summed E-state index contributed by atoms with van der Waals surface area (Å²) in [7, 11) is 0. The Morgan fingerprint density at radius 2 is 1.64 bits per heavy atom. The number of nitrogens with one attached hydrogen (secondary N) is 4. The summed E-state index contributed by atoms with van der Waals surface area (Å²) in [6.07, 6.45) is 4.85. The van der Waals surface area contributed by atoms with Crippen LogP contribution in [0.25, 0.3) is 32.2 Å². The Kier molecular flexibility index (Phi) is 6.94. The molecule has 0 aliphatic carbocycles. The van der Waals surface area contributed by atoms with Gasteiger partial charge in [0.15, 0.2) is 0 Å². The van der Waals surface area contributed by atoms with Crippen molar-refractivity contribution in [2.75, 3.05) is 10.6 Å². The molecule has 6 nitrogen and oxygen atoms in total. The molecule has 0 radical (unpaired) electrons. The van der Waals surface area contributed by atoms with Crippen LogP contribution >= 0.6 is 27.3 Å². The molecule has 5 rings (SSSR count). The van der Waals surface area contributed by atoms with Gasteiger partial charge in [-0.25, -0.2) is 0 Å². The number of aromatic nitrogens is 2. The largest absolute Gasteiger partial charge is 0.359 e. The number of fused-ring (bicyclic) bond motifs is 2. The molecule has 0 saturated heterocycles. The second kappa shape index (κ2) is 10.4. The second-order valence-corrected chi connectivity index (χ2v) is 10.1. The van der Waals surface area contributed by atoms with E-state index < -0.39 is 0 Å². The lowest BCUT2D eigenvalue weighted by atomic mass is 10.1. The molecule has 0 bridgehead atoms. The fraction of sp³-hybridized carbons (Fsp3) is 0.143. The summed E-state index contributed by atoms with van der Waals surface area (Å²) in [4.78, 5) is 31.7. The number of benzene rings is 2. The maximum Gasteiger partial charge on any atom is 0.225 e. The average Bonchev–Trinajstić information content (AvgIpc) is 3.61. The van der Waals surface area contributed by atoms with Gasteiger partial charge < -0.3 is 20.6 Å². The average molecular weight is 559 g/mol. The quantitative estimate of drug-likeness (QED) is 0.165. The standard InChI is InChI=1S/C28H23BrN4O2S/c1-2-27(34)32-24-14-30-22-9-7-18(12-20(22)24)26-11-17(16-36-26)5-3-4-6-28(35)33-25-15-31-23-10-8-19(29)13-21(23)25/h7-16,30-31H,2,4,6H2,1H3,(H,32,34)(H,33,35). The van der Waals surface area contributed by atoms with Gasteiger partial charge in [-0.3, -0.25) is 9.59 Å². The molecule has 0 spiro atoms. The van der Waals surface area contributed by atoms with E-state index in [0.717, 1.165) is 53.7 Å². The number of carbonyl (C=O) groups excluding carboxylic acids is 2. The van der Waals surface area contributed by atoms with Gasteiger partial charge in [-0.15, -0.1) is 11.3 Å². The maximum atomic E-state index is 12.4. The van der Waals surface area contributed by atoms with Crippen LogP contribution in [-0.2, 0) is 9.59 Å². The van der Waals surface area contributed by atoms with Crippen LogP contribution in [0.15, 0.2) is 64.7 Å². The Morgan fingerprint density at radius 1 is 0.944 bits per heavy atom. The fourth-order valence-corrected chi connectivity index (χ4v) is 5.12. The number of amides is 2. The van der Waals surface area contributed by atoms with E-state index in [2.05, 4.69) is 66.6 Å². The summed E-state index contributed by atoms with van der Waals surface area (Å²) in [6, 6.07) is 14.1. The van der Waals surface area contributed by atoms with Crippen molar-refractivity contribution in [3.63, 3.8) is 0 Å². The number of aromatic amines is 2. The molecule has 4 N–H and O–H groups in total. The van der Waals surface area contributed by atoms with Gasteiger partial charge >= 0.3 is 0 Å². The first kappa shape index (κ1) is 23.9. The van der Waals surface area contributed by atoms with Crippen LogP contribution < -0.4 is 10.6 Å². The molecule has 0 aliphatic rings. The van der Waals surface area contributed by atoms with Crippen LogP contribution in [0.4, 0.5) is 11.4 Å². The maximum absolute atomic E-state index is 12.4. The van der Waals surface area contributed by atoms with Crippen LogP contribution in [0, 0.1) is 11.8 Å². The molecule has 0 atom stereocenters. The summed E-state index contributed by atoms with van der Waals surface area (Å²) < 4.78 is 0.961. The molecule has 0 saturated carbocycles. The monoisotopic (exact) mass is 558 g/mol. The molecule has 0 fully saturated rings. The molecule has 3 heterocycles. The first-order valence-electron chi connectivity index (χ1n) is 11.6. The van der Waals surface area contributed by atoms with Crippen LogP contribution in [-0.4, -0.2) is 21.8 Å². The van der Waals surface area contributed by atoms with Gasteiger partial charge in [0.25, 0.3) is 0 Å². The normalized spacial score (nSPS) is 10.8. The minimum atomic E-state index is -0.0676. The van der Waals surface area contributed by atoms with Crippen molar-refractivity contribution in [3.8, 4) is 22.3 Å². The zero-order chi connectivity index (χ0) is 25.1. The minimum absolute atomic E-state index is 0.0156. The third-order valence-corrected chi connectivity index (χ3v) is 7.26. The lowest BCUT2D eigenvalue weighted by molar-refractivity contribution is -0.116. The third-order valence-electron chi connectivity index (χ3n) is 5.79. The van der Waals surface area contributed by atoms with Gasteiger partial charge in [0, 0.05) is 73.8 Å². The number of rotatable bonds is 6. The summed E-state index contributed by atoms with van der Waals surface area (Å²) in [5, 5.41) is 9.87.